The fraction of sp³-hybridized carbons (Fsp3) is 0.222. The zero-order chi connectivity index (χ0) is 16.7. The van der Waals surface area contributed by atoms with Gasteiger partial charge in [0.05, 0.1) is 0 Å². The van der Waals surface area contributed by atoms with Crippen LogP contribution in [0, 0.1) is 0 Å². The average Bonchev–Trinajstić information content (AvgIpc) is 2.53. The minimum atomic E-state index is -0.189. The van der Waals surface area contributed by atoms with Gasteiger partial charge in [0.1, 0.15) is 6.54 Å². The zero-order valence-corrected chi connectivity index (χ0v) is 13.7. The molecule has 0 fully saturated rings. The molecular weight excluding hydrogens is 312 g/mol. The number of carbonyl (C=O) groups excluding carboxylic acids is 2. The van der Waals surface area contributed by atoms with Crippen molar-refractivity contribution in [1.82, 2.24) is 5.32 Å². The van der Waals surface area contributed by atoms with Crippen LogP contribution in [0.1, 0.15) is 12.5 Å². The molecule has 1 N–H and O–H groups in total. The third-order valence-corrected chi connectivity index (χ3v) is 3.61. The van der Waals surface area contributed by atoms with Crippen LogP contribution in [0.5, 0.6) is 0 Å². The van der Waals surface area contributed by atoms with E-state index in [9.17, 15) is 9.59 Å². The molecule has 2 aromatic rings. The number of benzene rings is 2. The van der Waals surface area contributed by atoms with Gasteiger partial charge in [0.15, 0.2) is 0 Å². The van der Waals surface area contributed by atoms with Crippen molar-refractivity contribution in [2.75, 3.05) is 18.0 Å². The summed E-state index contributed by atoms with van der Waals surface area (Å²) in [6.07, 6.45) is 0.692. The molecule has 0 aromatic heterocycles. The minimum absolute atomic E-state index is 0.00882. The van der Waals surface area contributed by atoms with Gasteiger partial charge in [0, 0.05) is 24.2 Å². The third-order valence-electron chi connectivity index (χ3n) is 3.37. The van der Waals surface area contributed by atoms with Gasteiger partial charge in [0.2, 0.25) is 11.8 Å². The Morgan fingerprint density at radius 2 is 1.83 bits per heavy atom. The van der Waals surface area contributed by atoms with Crippen molar-refractivity contribution in [3.63, 3.8) is 0 Å². The maximum atomic E-state index is 12.1. The largest absolute Gasteiger partial charge is 0.354 e. The van der Waals surface area contributed by atoms with E-state index in [2.05, 4.69) is 5.32 Å². The molecule has 4 nitrogen and oxygen atoms in total. The van der Waals surface area contributed by atoms with Crippen LogP contribution in [0.2, 0.25) is 5.02 Å². The van der Waals surface area contributed by atoms with E-state index in [0.29, 0.717) is 23.7 Å². The fourth-order valence-corrected chi connectivity index (χ4v) is 2.44. The predicted octanol–water partition coefficient (Wildman–Crippen LogP) is 3.05. The van der Waals surface area contributed by atoms with Crippen molar-refractivity contribution in [3.05, 3.63) is 65.2 Å². The highest BCUT2D eigenvalue weighted by atomic mass is 35.5. The summed E-state index contributed by atoms with van der Waals surface area (Å²) >= 11 is 5.93. The monoisotopic (exact) mass is 330 g/mol. The van der Waals surface area contributed by atoms with Crippen LogP contribution >= 0.6 is 11.6 Å². The Bertz CT molecular complexity index is 674. The maximum absolute atomic E-state index is 12.1. The zero-order valence-electron chi connectivity index (χ0n) is 13.0. The quantitative estimate of drug-likeness (QED) is 0.885. The molecule has 2 aromatic carbocycles. The lowest BCUT2D eigenvalue weighted by Gasteiger charge is -2.20. The van der Waals surface area contributed by atoms with Crippen molar-refractivity contribution in [3.8, 4) is 0 Å². The van der Waals surface area contributed by atoms with Gasteiger partial charge in [-0.3, -0.25) is 9.59 Å². The van der Waals surface area contributed by atoms with Crippen molar-refractivity contribution >= 4 is 29.1 Å². The van der Waals surface area contributed by atoms with E-state index in [-0.39, 0.29) is 18.4 Å². The maximum Gasteiger partial charge on any atom is 0.240 e. The third kappa shape index (κ3) is 5.42. The highest BCUT2D eigenvalue weighted by Gasteiger charge is 2.15. The Balaban J connectivity index is 1.86. The number of nitrogens with zero attached hydrogens (tertiary/aromatic N) is 1. The molecule has 2 rings (SSSR count). The fourth-order valence-electron chi connectivity index (χ4n) is 2.23. The minimum Gasteiger partial charge on any atom is -0.354 e. The molecule has 0 radical (unpaired) electrons. The summed E-state index contributed by atoms with van der Waals surface area (Å²) in [5, 5.41) is 3.51. The Morgan fingerprint density at radius 1 is 1.09 bits per heavy atom. The normalized spacial score (nSPS) is 10.2. The first-order valence-electron chi connectivity index (χ1n) is 7.40. The van der Waals surface area contributed by atoms with E-state index >= 15 is 0 Å². The molecule has 0 aliphatic carbocycles. The van der Waals surface area contributed by atoms with Gasteiger partial charge in [0.25, 0.3) is 0 Å². The van der Waals surface area contributed by atoms with Crippen LogP contribution in [0.3, 0.4) is 0 Å². The number of carbonyl (C=O) groups is 2. The second-order valence-electron chi connectivity index (χ2n) is 5.17. The Kier molecular flexibility index (Phi) is 6.18. The molecule has 0 heterocycles. The van der Waals surface area contributed by atoms with E-state index in [4.69, 9.17) is 11.6 Å². The van der Waals surface area contributed by atoms with Gasteiger partial charge in [-0.25, -0.2) is 0 Å². The smallest absolute Gasteiger partial charge is 0.240 e. The number of hydrogen-bond acceptors (Lipinski definition) is 2. The van der Waals surface area contributed by atoms with Crippen molar-refractivity contribution < 1.29 is 9.59 Å². The molecule has 0 saturated heterocycles. The molecule has 0 spiro atoms. The molecular formula is C18H19ClN2O2. The molecule has 0 saturated carbocycles. The molecule has 23 heavy (non-hydrogen) atoms. The van der Waals surface area contributed by atoms with Crippen molar-refractivity contribution in [2.24, 2.45) is 0 Å². The molecule has 5 heteroatoms. The van der Waals surface area contributed by atoms with Gasteiger partial charge in [-0.15, -0.1) is 0 Å². The standard InChI is InChI=1S/C18H19ClN2O2/c1-14(22)21(17-8-3-2-4-9-17)13-18(23)20-11-10-15-6-5-7-16(19)12-15/h2-9,12H,10-11,13H2,1H3,(H,20,23). The molecule has 0 atom stereocenters. The SMILES string of the molecule is CC(=O)N(CC(=O)NCCc1cccc(Cl)c1)c1ccccc1. The first kappa shape index (κ1) is 17.0. The van der Waals surface area contributed by atoms with E-state index < -0.39 is 0 Å². The van der Waals surface area contributed by atoms with E-state index in [1.807, 2.05) is 42.5 Å². The van der Waals surface area contributed by atoms with Crippen LogP contribution in [-0.2, 0) is 16.0 Å². The lowest BCUT2D eigenvalue weighted by Crippen LogP contribution is -2.40. The van der Waals surface area contributed by atoms with E-state index in [1.165, 1.54) is 11.8 Å². The lowest BCUT2D eigenvalue weighted by molar-refractivity contribution is -0.123. The van der Waals surface area contributed by atoms with Gasteiger partial charge >= 0.3 is 0 Å². The van der Waals surface area contributed by atoms with Crippen LogP contribution < -0.4 is 10.2 Å². The first-order valence-corrected chi connectivity index (χ1v) is 7.78. The number of rotatable bonds is 6. The van der Waals surface area contributed by atoms with Gasteiger partial charge in [-0.05, 0) is 36.2 Å². The summed E-state index contributed by atoms with van der Waals surface area (Å²) < 4.78 is 0. The lowest BCUT2D eigenvalue weighted by atomic mass is 10.1. The number of halogens is 1. The summed E-state index contributed by atoms with van der Waals surface area (Å²) in [7, 11) is 0. The Labute approximate surface area is 141 Å². The Morgan fingerprint density at radius 3 is 2.48 bits per heavy atom. The van der Waals surface area contributed by atoms with Crippen LogP contribution in [-0.4, -0.2) is 24.9 Å². The first-order chi connectivity index (χ1) is 11.1. The van der Waals surface area contributed by atoms with Gasteiger partial charge in [-0.2, -0.15) is 0 Å². The van der Waals surface area contributed by atoms with Crippen molar-refractivity contribution in [2.45, 2.75) is 13.3 Å². The van der Waals surface area contributed by atoms with Crippen LogP contribution in [0.25, 0.3) is 0 Å². The Hall–Kier alpha value is -2.33. The summed E-state index contributed by atoms with van der Waals surface area (Å²) in [4.78, 5) is 25.3. The second-order valence-corrected chi connectivity index (χ2v) is 5.61. The number of amides is 2. The van der Waals surface area contributed by atoms with Crippen molar-refractivity contribution in [1.29, 1.82) is 0 Å². The predicted molar refractivity (Wildman–Crippen MR) is 92.6 cm³/mol. The topological polar surface area (TPSA) is 49.4 Å². The summed E-state index contributed by atoms with van der Waals surface area (Å²) in [6.45, 7) is 1.96. The second kappa shape index (κ2) is 8.34. The summed E-state index contributed by atoms with van der Waals surface area (Å²) in [5.41, 5.74) is 1.77. The molecule has 0 aliphatic heterocycles. The number of para-hydroxylation sites is 1. The van der Waals surface area contributed by atoms with Crippen LogP contribution in [0.4, 0.5) is 5.69 Å². The summed E-state index contributed by atoms with van der Waals surface area (Å²) in [5.74, 6) is -0.354. The van der Waals surface area contributed by atoms with E-state index in [0.717, 1.165) is 5.56 Å². The molecule has 2 amide bonds. The molecule has 120 valence electrons. The molecule has 0 bridgehead atoms. The average molecular weight is 331 g/mol. The number of hydrogen-bond donors (Lipinski definition) is 1. The van der Waals surface area contributed by atoms with Gasteiger partial charge < -0.3 is 10.2 Å². The summed E-state index contributed by atoms with van der Waals surface area (Å²) in [6, 6.07) is 16.7. The van der Waals surface area contributed by atoms with E-state index in [1.54, 1.807) is 12.1 Å². The highest BCUT2D eigenvalue weighted by molar-refractivity contribution is 6.30. The number of nitrogens with one attached hydrogen (secondary N) is 1. The number of anilines is 1. The van der Waals surface area contributed by atoms with Crippen LogP contribution in [0.15, 0.2) is 54.6 Å². The highest BCUT2D eigenvalue weighted by Crippen LogP contribution is 2.13. The molecule has 0 unspecified atom stereocenters. The van der Waals surface area contributed by atoms with Gasteiger partial charge in [-0.1, -0.05) is 41.9 Å². The molecule has 0 aliphatic rings.